The molecule has 226 valence electrons. The lowest BCUT2D eigenvalue weighted by molar-refractivity contribution is 0.0114. The maximum absolute atomic E-state index is 6.41. The fourth-order valence-electron chi connectivity index (χ4n) is 5.48. The van der Waals surface area contributed by atoms with E-state index in [2.05, 4.69) is 40.6 Å². The average molecular weight is 607 g/mol. The van der Waals surface area contributed by atoms with Crippen LogP contribution in [0, 0.1) is 0 Å². The molecule has 6 rings (SSSR count). The highest BCUT2D eigenvalue weighted by Gasteiger charge is 2.26. The van der Waals surface area contributed by atoms with Crippen LogP contribution in [0.2, 0.25) is 5.02 Å². The average Bonchev–Trinajstić information content (AvgIpc) is 3.56. The number of halogens is 1. The Kier molecular flexibility index (Phi) is 9.10. The van der Waals surface area contributed by atoms with Crippen LogP contribution in [0.3, 0.4) is 0 Å². The van der Waals surface area contributed by atoms with Gasteiger partial charge in [0.25, 0.3) is 0 Å². The fraction of sp³-hybridized carbons (Fsp3) is 0.448. The second kappa shape index (κ2) is 13.5. The van der Waals surface area contributed by atoms with Crippen LogP contribution in [0.1, 0.15) is 19.8 Å². The maximum atomic E-state index is 6.41. The van der Waals surface area contributed by atoms with Crippen molar-refractivity contribution in [1.82, 2.24) is 40.1 Å². The van der Waals surface area contributed by atoms with Crippen LogP contribution >= 0.6 is 11.6 Å². The molecule has 1 unspecified atom stereocenters. The van der Waals surface area contributed by atoms with Crippen LogP contribution in [0.15, 0.2) is 49.1 Å². The highest BCUT2D eigenvalue weighted by Crippen LogP contribution is 2.32. The van der Waals surface area contributed by atoms with Gasteiger partial charge in [0.1, 0.15) is 29.7 Å². The summed E-state index contributed by atoms with van der Waals surface area (Å²) in [5, 5.41) is 14.9. The first-order valence-corrected chi connectivity index (χ1v) is 14.8. The van der Waals surface area contributed by atoms with E-state index in [4.69, 9.17) is 30.8 Å². The number of hydrogen-bond donors (Lipinski definition) is 1. The normalized spacial score (nSPS) is 17.0. The van der Waals surface area contributed by atoms with E-state index in [9.17, 15) is 0 Å². The largest absolute Gasteiger partial charge is 0.487 e. The van der Waals surface area contributed by atoms with Gasteiger partial charge in [-0.2, -0.15) is 4.98 Å². The SMILES string of the molecule is COc1nc(N2CCC(N3CCOCC3)CC2)ccc1Nc1ncc(-c2ccc(Cl)c(OC(C)Cn3cnnn3)c2)cn1. The summed E-state index contributed by atoms with van der Waals surface area (Å²) in [6, 6.07) is 10.2. The molecule has 1 N–H and O–H groups in total. The molecule has 1 aromatic carbocycles. The number of methoxy groups -OCH3 is 1. The molecule has 5 heterocycles. The third-order valence-electron chi connectivity index (χ3n) is 7.72. The number of morpholine rings is 1. The lowest BCUT2D eigenvalue weighted by Crippen LogP contribution is -2.49. The quantitative estimate of drug-likeness (QED) is 0.283. The minimum absolute atomic E-state index is 0.198. The number of hydrogen-bond acceptors (Lipinski definition) is 12. The van der Waals surface area contributed by atoms with Crippen molar-refractivity contribution in [3.8, 4) is 22.8 Å². The van der Waals surface area contributed by atoms with Gasteiger partial charge in [-0.05, 0) is 60.0 Å². The Morgan fingerprint density at radius 3 is 2.56 bits per heavy atom. The van der Waals surface area contributed by atoms with Crippen molar-refractivity contribution in [1.29, 1.82) is 0 Å². The molecule has 0 bridgehead atoms. The molecule has 0 spiro atoms. The van der Waals surface area contributed by atoms with Crippen molar-refractivity contribution >= 4 is 29.1 Å². The zero-order valence-corrected chi connectivity index (χ0v) is 25.0. The molecule has 2 saturated heterocycles. The molecule has 2 aliphatic rings. The van der Waals surface area contributed by atoms with Gasteiger partial charge in [-0.25, -0.2) is 14.6 Å². The van der Waals surface area contributed by atoms with Crippen molar-refractivity contribution in [2.24, 2.45) is 0 Å². The molecule has 43 heavy (non-hydrogen) atoms. The van der Waals surface area contributed by atoms with E-state index in [1.54, 1.807) is 36.6 Å². The predicted molar refractivity (Wildman–Crippen MR) is 162 cm³/mol. The molecule has 14 heteroatoms. The lowest BCUT2D eigenvalue weighted by Gasteiger charge is -2.40. The van der Waals surface area contributed by atoms with E-state index < -0.39 is 0 Å². The van der Waals surface area contributed by atoms with Gasteiger partial charge < -0.3 is 24.4 Å². The summed E-state index contributed by atoms with van der Waals surface area (Å²) < 4.78 is 18.8. The van der Waals surface area contributed by atoms with Gasteiger partial charge in [-0.15, -0.1) is 5.10 Å². The Morgan fingerprint density at radius 1 is 1.05 bits per heavy atom. The van der Waals surface area contributed by atoms with Crippen LogP contribution in [0.5, 0.6) is 11.6 Å². The van der Waals surface area contributed by atoms with Gasteiger partial charge in [-0.1, -0.05) is 17.7 Å². The summed E-state index contributed by atoms with van der Waals surface area (Å²) in [6.07, 6.45) is 7.08. The monoisotopic (exact) mass is 606 g/mol. The van der Waals surface area contributed by atoms with Crippen LogP contribution in [-0.2, 0) is 11.3 Å². The number of nitrogens with zero attached hydrogens (tertiary/aromatic N) is 9. The van der Waals surface area contributed by atoms with Gasteiger partial charge in [0.15, 0.2) is 0 Å². The first-order chi connectivity index (χ1) is 21.1. The number of benzene rings is 1. The van der Waals surface area contributed by atoms with Crippen LogP contribution in [0.4, 0.5) is 17.5 Å². The number of aromatic nitrogens is 7. The van der Waals surface area contributed by atoms with Crippen LogP contribution in [-0.4, -0.2) is 98.7 Å². The van der Waals surface area contributed by atoms with Crippen LogP contribution < -0.4 is 19.7 Å². The zero-order chi connectivity index (χ0) is 29.6. The Morgan fingerprint density at radius 2 is 1.84 bits per heavy atom. The minimum Gasteiger partial charge on any atom is -0.487 e. The smallest absolute Gasteiger partial charge is 0.239 e. The molecule has 2 aliphatic heterocycles. The van der Waals surface area contributed by atoms with Crippen molar-refractivity contribution < 1.29 is 14.2 Å². The summed E-state index contributed by atoms with van der Waals surface area (Å²) in [5.41, 5.74) is 2.39. The zero-order valence-electron chi connectivity index (χ0n) is 24.3. The van der Waals surface area contributed by atoms with E-state index in [1.165, 1.54) is 0 Å². The second-order valence-corrected chi connectivity index (χ2v) is 11.0. The Labute approximate surface area is 255 Å². The molecule has 0 saturated carbocycles. The molecule has 3 aromatic heterocycles. The van der Waals surface area contributed by atoms with E-state index in [-0.39, 0.29) is 6.10 Å². The van der Waals surface area contributed by atoms with E-state index >= 15 is 0 Å². The predicted octanol–water partition coefficient (Wildman–Crippen LogP) is 3.70. The Balaban J connectivity index is 1.08. The summed E-state index contributed by atoms with van der Waals surface area (Å²) in [4.78, 5) is 18.7. The van der Waals surface area contributed by atoms with Gasteiger partial charge in [0.2, 0.25) is 11.8 Å². The Hall–Kier alpha value is -4.07. The highest BCUT2D eigenvalue weighted by atomic mass is 35.5. The first kappa shape index (κ1) is 29.0. The van der Waals surface area contributed by atoms with Crippen LogP contribution in [0.25, 0.3) is 11.1 Å². The van der Waals surface area contributed by atoms with Crippen molar-refractivity contribution in [3.05, 3.63) is 54.1 Å². The molecular formula is C29H35ClN10O3. The molecule has 2 fully saturated rings. The Bertz CT molecular complexity index is 1480. The molecule has 13 nitrogen and oxygen atoms in total. The number of pyridine rings is 1. The van der Waals surface area contributed by atoms with E-state index in [0.29, 0.717) is 40.9 Å². The summed E-state index contributed by atoms with van der Waals surface area (Å²) in [6.45, 7) is 8.07. The lowest BCUT2D eigenvalue weighted by atomic mass is 10.0. The number of anilines is 3. The van der Waals surface area contributed by atoms with E-state index in [0.717, 1.165) is 69.2 Å². The van der Waals surface area contributed by atoms with Gasteiger partial charge in [0, 0.05) is 50.2 Å². The molecule has 0 aliphatic carbocycles. The fourth-order valence-corrected chi connectivity index (χ4v) is 5.64. The second-order valence-electron chi connectivity index (χ2n) is 10.6. The number of piperidine rings is 1. The van der Waals surface area contributed by atoms with Gasteiger partial charge >= 0.3 is 0 Å². The summed E-state index contributed by atoms with van der Waals surface area (Å²) in [5.74, 6) is 2.40. The topological polar surface area (TPSA) is 128 Å². The third-order valence-corrected chi connectivity index (χ3v) is 8.03. The standard InChI is InChI=1S/C29H35ClN10O3/c1-20(18-40-19-33-36-37-40)43-26-15-21(3-4-24(26)30)22-16-31-29(32-17-22)34-25-5-6-27(35-28(25)41-2)39-9-7-23(8-10-39)38-11-13-42-14-12-38/h3-6,15-17,19-20,23H,7-14,18H2,1-2H3,(H,31,32,34). The number of rotatable bonds is 10. The van der Waals surface area contributed by atoms with Crippen molar-refractivity contribution in [2.75, 3.05) is 56.7 Å². The summed E-state index contributed by atoms with van der Waals surface area (Å²) in [7, 11) is 1.62. The third kappa shape index (κ3) is 7.12. The number of ether oxygens (including phenoxy) is 3. The molecule has 0 amide bonds. The van der Waals surface area contributed by atoms with Gasteiger partial charge in [-0.3, -0.25) is 4.90 Å². The first-order valence-electron chi connectivity index (χ1n) is 14.4. The molecule has 1 atom stereocenters. The van der Waals surface area contributed by atoms with Gasteiger partial charge in [0.05, 0.1) is 31.9 Å². The number of nitrogens with one attached hydrogen (secondary N) is 1. The molecule has 0 radical (unpaired) electrons. The van der Waals surface area contributed by atoms with Crippen molar-refractivity contribution in [2.45, 2.75) is 38.5 Å². The summed E-state index contributed by atoms with van der Waals surface area (Å²) >= 11 is 6.41. The highest BCUT2D eigenvalue weighted by molar-refractivity contribution is 6.32. The van der Waals surface area contributed by atoms with E-state index in [1.807, 2.05) is 31.2 Å². The molecule has 4 aromatic rings. The molecular weight excluding hydrogens is 572 g/mol. The number of tetrazole rings is 1. The maximum Gasteiger partial charge on any atom is 0.239 e. The van der Waals surface area contributed by atoms with Crippen molar-refractivity contribution in [3.63, 3.8) is 0 Å². The minimum atomic E-state index is -0.198.